The fraction of sp³-hybridized carbons (Fsp3) is 0.632. The van der Waals surface area contributed by atoms with Gasteiger partial charge in [-0.25, -0.2) is 0 Å². The molecule has 3 nitrogen and oxygen atoms in total. The highest BCUT2D eigenvalue weighted by atomic mass is 19.4. The van der Waals surface area contributed by atoms with E-state index in [9.17, 15) is 18.0 Å². The molecule has 25 heavy (non-hydrogen) atoms. The van der Waals surface area contributed by atoms with Crippen molar-refractivity contribution < 1.29 is 18.0 Å². The van der Waals surface area contributed by atoms with E-state index < -0.39 is 17.8 Å². The number of carbonyl (C=O) groups excluding carboxylic acids is 1. The highest BCUT2D eigenvalue weighted by Gasteiger charge is 2.32. The van der Waals surface area contributed by atoms with Gasteiger partial charge < -0.3 is 10.6 Å². The fourth-order valence-corrected chi connectivity index (χ4v) is 3.34. The largest absolute Gasteiger partial charge is 0.416 e. The van der Waals surface area contributed by atoms with Crippen LogP contribution in [0.4, 0.5) is 13.2 Å². The van der Waals surface area contributed by atoms with E-state index in [0.717, 1.165) is 31.5 Å². The van der Waals surface area contributed by atoms with Crippen molar-refractivity contribution in [3.8, 4) is 0 Å². The molecule has 1 heterocycles. The van der Waals surface area contributed by atoms with Crippen molar-refractivity contribution >= 4 is 5.91 Å². The number of alkyl halides is 3. The first-order chi connectivity index (χ1) is 11.7. The number of halogens is 3. The van der Waals surface area contributed by atoms with Gasteiger partial charge in [0.15, 0.2) is 0 Å². The molecule has 1 fully saturated rings. The molecule has 6 heteroatoms. The van der Waals surface area contributed by atoms with Crippen LogP contribution in [-0.4, -0.2) is 18.5 Å². The molecule has 1 amide bonds. The Bertz CT molecular complexity index is 586. The summed E-state index contributed by atoms with van der Waals surface area (Å²) in [6.45, 7) is 6.83. The van der Waals surface area contributed by atoms with Gasteiger partial charge in [0.1, 0.15) is 0 Å². The molecule has 0 aliphatic carbocycles. The minimum atomic E-state index is -4.38. The highest BCUT2D eigenvalue weighted by molar-refractivity contribution is 5.79. The Hall–Kier alpha value is -1.56. The van der Waals surface area contributed by atoms with Crippen LogP contribution in [0.2, 0.25) is 0 Å². The smallest absolute Gasteiger partial charge is 0.349 e. The van der Waals surface area contributed by atoms with E-state index in [-0.39, 0.29) is 23.8 Å². The SMILES string of the molecule is CC(C)CC(NC(=O)[C@H]1CCN[C@@H](C)C1)c1cccc(C(F)(F)F)c1. The van der Waals surface area contributed by atoms with E-state index in [1.54, 1.807) is 6.07 Å². The zero-order valence-electron chi connectivity index (χ0n) is 15.0. The lowest BCUT2D eigenvalue weighted by Crippen LogP contribution is -2.43. The van der Waals surface area contributed by atoms with Gasteiger partial charge in [-0.3, -0.25) is 4.79 Å². The number of hydrogen-bond donors (Lipinski definition) is 2. The summed E-state index contributed by atoms with van der Waals surface area (Å²) >= 11 is 0. The summed E-state index contributed by atoms with van der Waals surface area (Å²) in [6.07, 6.45) is -2.27. The van der Waals surface area contributed by atoms with Gasteiger partial charge in [-0.05, 0) is 56.3 Å². The number of piperidine rings is 1. The first-order valence-electron chi connectivity index (χ1n) is 8.87. The molecule has 140 valence electrons. The Morgan fingerprint density at radius 1 is 1.36 bits per heavy atom. The molecular formula is C19H27F3N2O. The van der Waals surface area contributed by atoms with Crippen LogP contribution < -0.4 is 10.6 Å². The quantitative estimate of drug-likeness (QED) is 0.826. The van der Waals surface area contributed by atoms with Crippen molar-refractivity contribution in [3.05, 3.63) is 35.4 Å². The van der Waals surface area contributed by atoms with Crippen molar-refractivity contribution in [3.63, 3.8) is 0 Å². The van der Waals surface area contributed by atoms with Crippen LogP contribution in [0, 0.1) is 11.8 Å². The maximum absolute atomic E-state index is 13.0. The number of amides is 1. The van der Waals surface area contributed by atoms with E-state index in [2.05, 4.69) is 10.6 Å². The summed E-state index contributed by atoms with van der Waals surface area (Å²) in [5, 5.41) is 6.30. The summed E-state index contributed by atoms with van der Waals surface area (Å²) in [7, 11) is 0. The van der Waals surface area contributed by atoms with Crippen molar-refractivity contribution in [2.45, 2.75) is 58.3 Å². The summed E-state index contributed by atoms with van der Waals surface area (Å²) in [5.74, 6) is 0.111. The standard InChI is InChI=1S/C19H27F3N2O/c1-12(2)9-17(14-5-4-6-16(11-14)19(20,21)22)24-18(25)15-7-8-23-13(3)10-15/h4-6,11-13,15,17,23H,7-10H2,1-3H3,(H,24,25)/t13-,15-,17?/m0/s1. The van der Waals surface area contributed by atoms with Crippen LogP contribution in [-0.2, 0) is 11.0 Å². The van der Waals surface area contributed by atoms with Crippen LogP contribution in [0.3, 0.4) is 0 Å². The Labute approximate surface area is 147 Å². The van der Waals surface area contributed by atoms with Gasteiger partial charge in [-0.2, -0.15) is 13.2 Å². The Balaban J connectivity index is 2.17. The normalized spacial score (nSPS) is 22.7. The molecule has 0 aromatic heterocycles. The minimum Gasteiger partial charge on any atom is -0.349 e. The topological polar surface area (TPSA) is 41.1 Å². The van der Waals surface area contributed by atoms with Crippen molar-refractivity contribution in [1.29, 1.82) is 0 Å². The number of nitrogens with one attached hydrogen (secondary N) is 2. The molecule has 0 radical (unpaired) electrons. The Morgan fingerprint density at radius 2 is 2.08 bits per heavy atom. The molecule has 0 bridgehead atoms. The molecule has 2 rings (SSSR count). The van der Waals surface area contributed by atoms with E-state index in [4.69, 9.17) is 0 Å². The first kappa shape index (κ1) is 19.8. The molecule has 2 N–H and O–H groups in total. The van der Waals surface area contributed by atoms with Gasteiger partial charge in [0.2, 0.25) is 5.91 Å². The second kappa shape index (κ2) is 8.21. The van der Waals surface area contributed by atoms with E-state index >= 15 is 0 Å². The van der Waals surface area contributed by atoms with Crippen LogP contribution in [0.5, 0.6) is 0 Å². The molecule has 1 saturated heterocycles. The first-order valence-corrected chi connectivity index (χ1v) is 8.87. The third-order valence-electron chi connectivity index (χ3n) is 4.63. The van der Waals surface area contributed by atoms with Crippen molar-refractivity contribution in [1.82, 2.24) is 10.6 Å². The maximum Gasteiger partial charge on any atom is 0.416 e. The lowest BCUT2D eigenvalue weighted by Gasteiger charge is -2.29. The predicted molar refractivity (Wildman–Crippen MR) is 92.0 cm³/mol. The van der Waals surface area contributed by atoms with Crippen LogP contribution in [0.25, 0.3) is 0 Å². The van der Waals surface area contributed by atoms with Gasteiger partial charge in [0.25, 0.3) is 0 Å². The van der Waals surface area contributed by atoms with Crippen molar-refractivity contribution in [2.24, 2.45) is 11.8 Å². The van der Waals surface area contributed by atoms with Crippen LogP contribution >= 0.6 is 0 Å². The van der Waals surface area contributed by atoms with Gasteiger partial charge in [0.05, 0.1) is 11.6 Å². The second-order valence-corrected chi connectivity index (χ2v) is 7.39. The maximum atomic E-state index is 13.0. The average molecular weight is 356 g/mol. The Kier molecular flexibility index (Phi) is 6.49. The van der Waals surface area contributed by atoms with Crippen molar-refractivity contribution in [2.75, 3.05) is 6.54 Å². The number of hydrogen-bond acceptors (Lipinski definition) is 2. The van der Waals surface area contributed by atoms with E-state index in [1.165, 1.54) is 6.07 Å². The monoisotopic (exact) mass is 356 g/mol. The molecule has 1 aliphatic rings. The number of rotatable bonds is 5. The van der Waals surface area contributed by atoms with Gasteiger partial charge in [-0.15, -0.1) is 0 Å². The number of benzene rings is 1. The summed E-state index contributed by atoms with van der Waals surface area (Å²) in [6, 6.07) is 5.16. The van der Waals surface area contributed by atoms with Gasteiger partial charge in [0, 0.05) is 12.0 Å². The molecule has 1 aromatic carbocycles. The third kappa shape index (κ3) is 5.73. The molecular weight excluding hydrogens is 329 g/mol. The molecule has 3 atom stereocenters. The highest BCUT2D eigenvalue weighted by Crippen LogP contribution is 2.32. The predicted octanol–water partition coefficient (Wildman–Crippen LogP) is 4.30. The minimum absolute atomic E-state index is 0.0589. The summed E-state index contributed by atoms with van der Waals surface area (Å²) < 4.78 is 39.0. The van der Waals surface area contributed by atoms with Crippen LogP contribution in [0.1, 0.15) is 57.2 Å². The third-order valence-corrected chi connectivity index (χ3v) is 4.63. The number of carbonyl (C=O) groups is 1. The lowest BCUT2D eigenvalue weighted by molar-refractivity contribution is -0.137. The summed E-state index contributed by atoms with van der Waals surface area (Å²) in [5.41, 5.74) is -0.164. The summed E-state index contributed by atoms with van der Waals surface area (Å²) in [4.78, 5) is 12.6. The Morgan fingerprint density at radius 3 is 2.68 bits per heavy atom. The molecule has 0 saturated carbocycles. The zero-order valence-corrected chi connectivity index (χ0v) is 15.0. The molecule has 1 unspecified atom stereocenters. The molecule has 1 aromatic rings. The zero-order chi connectivity index (χ0) is 18.6. The molecule has 1 aliphatic heterocycles. The molecule has 0 spiro atoms. The van der Waals surface area contributed by atoms with E-state index in [0.29, 0.717) is 12.0 Å². The fourth-order valence-electron chi connectivity index (χ4n) is 3.34. The van der Waals surface area contributed by atoms with Gasteiger partial charge >= 0.3 is 6.18 Å². The lowest BCUT2D eigenvalue weighted by atomic mass is 9.90. The second-order valence-electron chi connectivity index (χ2n) is 7.39. The average Bonchev–Trinajstić information content (AvgIpc) is 2.53. The van der Waals surface area contributed by atoms with Crippen LogP contribution in [0.15, 0.2) is 24.3 Å². The van der Waals surface area contributed by atoms with Gasteiger partial charge in [-0.1, -0.05) is 26.0 Å². The van der Waals surface area contributed by atoms with E-state index in [1.807, 2.05) is 20.8 Å².